The zero-order valence-corrected chi connectivity index (χ0v) is 17.7. The average Bonchev–Trinajstić information content (AvgIpc) is 3.15. The Hall–Kier alpha value is -2.04. The lowest BCUT2D eigenvalue weighted by molar-refractivity contribution is -0.231. The third kappa shape index (κ3) is 4.21. The van der Waals surface area contributed by atoms with Crippen LogP contribution in [0.2, 0.25) is 0 Å². The number of anilines is 1. The van der Waals surface area contributed by atoms with Crippen molar-refractivity contribution in [3.63, 3.8) is 0 Å². The van der Waals surface area contributed by atoms with Crippen LogP contribution >= 0.6 is 0 Å². The summed E-state index contributed by atoms with van der Waals surface area (Å²) in [5.41, 5.74) is 0.647. The minimum atomic E-state index is -1.01. The van der Waals surface area contributed by atoms with Crippen molar-refractivity contribution in [2.45, 2.75) is 82.9 Å². The van der Waals surface area contributed by atoms with Crippen molar-refractivity contribution < 1.29 is 33.3 Å². The Morgan fingerprint density at radius 1 is 0.900 bits per heavy atom. The standard InChI is InChI=1S/C21H28N2O7/c1-11(17(24)23-12-9-7-6-8-10-12)22-18(25)15-13-14(28-20(2,3)27-13)16-19(26-15)30-21(4,5)29-16/h6-11,13-16,19H,1-5H3,(H,22,25)(H,23,24)/t11-,13+,14+,15+,16+,19-/m1/s1. The molecule has 6 atom stereocenters. The van der Waals surface area contributed by atoms with Crippen molar-refractivity contribution >= 4 is 17.5 Å². The lowest BCUT2D eigenvalue weighted by Gasteiger charge is -2.36. The molecule has 0 bridgehead atoms. The fraction of sp³-hybridized carbons (Fsp3) is 0.619. The van der Waals surface area contributed by atoms with E-state index >= 15 is 0 Å². The second-order valence-electron chi connectivity index (χ2n) is 8.68. The highest BCUT2D eigenvalue weighted by Gasteiger charge is 2.62. The van der Waals surface area contributed by atoms with Gasteiger partial charge in [-0.05, 0) is 46.8 Å². The third-order valence-corrected chi connectivity index (χ3v) is 5.21. The van der Waals surface area contributed by atoms with Crippen molar-refractivity contribution in [1.29, 1.82) is 0 Å². The van der Waals surface area contributed by atoms with Crippen LogP contribution in [0.3, 0.4) is 0 Å². The highest BCUT2D eigenvalue weighted by atomic mass is 16.9. The number of carbonyl (C=O) groups excluding carboxylic acids is 2. The van der Waals surface area contributed by atoms with Gasteiger partial charge in [0.2, 0.25) is 5.91 Å². The van der Waals surface area contributed by atoms with Gasteiger partial charge in [-0.2, -0.15) is 0 Å². The Morgan fingerprint density at radius 3 is 2.20 bits per heavy atom. The lowest BCUT2D eigenvalue weighted by Crippen LogP contribution is -2.60. The van der Waals surface area contributed by atoms with E-state index in [1.165, 1.54) is 0 Å². The number of fused-ring (bicyclic) bond motifs is 3. The van der Waals surface area contributed by atoms with Gasteiger partial charge in [0.05, 0.1) is 0 Å². The fourth-order valence-corrected chi connectivity index (χ4v) is 3.96. The van der Waals surface area contributed by atoms with E-state index in [1.54, 1.807) is 46.8 Å². The van der Waals surface area contributed by atoms with Gasteiger partial charge >= 0.3 is 0 Å². The number of amides is 2. The van der Waals surface area contributed by atoms with Gasteiger partial charge in [0.15, 0.2) is 24.0 Å². The second kappa shape index (κ2) is 7.58. The van der Waals surface area contributed by atoms with Gasteiger partial charge < -0.3 is 34.3 Å². The largest absolute Gasteiger partial charge is 0.342 e. The van der Waals surface area contributed by atoms with Crippen LogP contribution in [0.15, 0.2) is 30.3 Å². The number of ether oxygens (including phenoxy) is 5. The van der Waals surface area contributed by atoms with Crippen molar-refractivity contribution in [2.75, 3.05) is 5.32 Å². The van der Waals surface area contributed by atoms with Gasteiger partial charge in [0, 0.05) is 5.69 Å². The van der Waals surface area contributed by atoms with E-state index in [-0.39, 0.29) is 5.91 Å². The molecule has 2 amide bonds. The van der Waals surface area contributed by atoms with Gasteiger partial charge in [-0.3, -0.25) is 9.59 Å². The molecule has 1 aromatic rings. The summed E-state index contributed by atoms with van der Waals surface area (Å²) in [5.74, 6) is -2.60. The van der Waals surface area contributed by atoms with E-state index < -0.39 is 54.2 Å². The van der Waals surface area contributed by atoms with Crippen LogP contribution in [-0.4, -0.2) is 60.1 Å². The molecule has 9 nitrogen and oxygen atoms in total. The minimum absolute atomic E-state index is 0.342. The molecule has 1 aromatic carbocycles. The van der Waals surface area contributed by atoms with Gasteiger partial charge in [0.1, 0.15) is 24.4 Å². The van der Waals surface area contributed by atoms with E-state index in [4.69, 9.17) is 23.7 Å². The minimum Gasteiger partial charge on any atom is -0.342 e. The third-order valence-electron chi connectivity index (χ3n) is 5.21. The Balaban J connectivity index is 1.45. The quantitative estimate of drug-likeness (QED) is 0.761. The summed E-state index contributed by atoms with van der Waals surface area (Å²) in [5, 5.41) is 5.46. The maximum atomic E-state index is 13.0. The number of hydrogen-bond donors (Lipinski definition) is 2. The SMILES string of the molecule is C[C@@H](NC(=O)[C@H]1O[C@@H]2OC(C)(C)O[C@H]2[C@H]2OC(C)(C)O[C@@H]21)C(=O)Nc1ccccc1. The first-order valence-corrected chi connectivity index (χ1v) is 10.1. The van der Waals surface area contributed by atoms with Crippen molar-refractivity contribution in [2.24, 2.45) is 0 Å². The van der Waals surface area contributed by atoms with Gasteiger partial charge in [-0.15, -0.1) is 0 Å². The highest BCUT2D eigenvalue weighted by molar-refractivity contribution is 5.97. The van der Waals surface area contributed by atoms with Gasteiger partial charge in [0.25, 0.3) is 5.91 Å². The molecule has 0 aliphatic carbocycles. The molecule has 3 heterocycles. The van der Waals surface area contributed by atoms with Crippen molar-refractivity contribution in [3.05, 3.63) is 30.3 Å². The Labute approximate surface area is 175 Å². The van der Waals surface area contributed by atoms with Crippen LogP contribution in [0.5, 0.6) is 0 Å². The van der Waals surface area contributed by atoms with Crippen molar-refractivity contribution in [1.82, 2.24) is 5.32 Å². The first-order valence-electron chi connectivity index (χ1n) is 10.1. The highest BCUT2D eigenvalue weighted by Crippen LogP contribution is 2.44. The summed E-state index contributed by atoms with van der Waals surface area (Å²) in [6, 6.07) is 8.24. The zero-order chi connectivity index (χ0) is 21.7. The number of rotatable bonds is 4. The molecule has 3 fully saturated rings. The summed E-state index contributed by atoms with van der Waals surface area (Å²) in [6.07, 6.45) is -3.53. The monoisotopic (exact) mass is 420 g/mol. The topological polar surface area (TPSA) is 104 Å². The number of carbonyl (C=O) groups is 2. The normalized spacial score (nSPS) is 34.5. The summed E-state index contributed by atoms with van der Waals surface area (Å²) in [4.78, 5) is 25.5. The van der Waals surface area contributed by atoms with Crippen LogP contribution in [-0.2, 0) is 33.3 Å². The zero-order valence-electron chi connectivity index (χ0n) is 17.7. The molecule has 3 aliphatic rings. The van der Waals surface area contributed by atoms with Crippen LogP contribution < -0.4 is 10.6 Å². The van der Waals surface area contributed by atoms with E-state index in [0.717, 1.165) is 0 Å². The summed E-state index contributed by atoms with van der Waals surface area (Å²) < 4.78 is 29.6. The molecule has 3 aliphatic heterocycles. The van der Waals surface area contributed by atoms with Crippen molar-refractivity contribution in [3.8, 4) is 0 Å². The molecular formula is C21H28N2O7. The van der Waals surface area contributed by atoms with Crippen LogP contribution in [0.4, 0.5) is 5.69 Å². The Bertz CT molecular complexity index is 813. The van der Waals surface area contributed by atoms with E-state index in [1.807, 2.05) is 18.2 Å². The second-order valence-corrected chi connectivity index (χ2v) is 8.68. The van der Waals surface area contributed by atoms with Gasteiger partial charge in [-0.25, -0.2) is 0 Å². The number of nitrogens with one attached hydrogen (secondary N) is 2. The first kappa shape index (κ1) is 21.2. The maximum Gasteiger partial charge on any atom is 0.252 e. The lowest BCUT2D eigenvalue weighted by atomic mass is 9.98. The molecule has 0 unspecified atom stereocenters. The molecule has 3 saturated heterocycles. The predicted octanol–water partition coefficient (Wildman–Crippen LogP) is 1.53. The first-order chi connectivity index (χ1) is 14.0. The fourth-order valence-electron chi connectivity index (χ4n) is 3.96. The van der Waals surface area contributed by atoms with E-state index in [9.17, 15) is 9.59 Å². The molecule has 9 heteroatoms. The maximum absolute atomic E-state index is 13.0. The van der Waals surface area contributed by atoms with Crippen LogP contribution in [0, 0.1) is 0 Å². The van der Waals surface area contributed by atoms with E-state index in [0.29, 0.717) is 5.69 Å². The Morgan fingerprint density at radius 2 is 1.50 bits per heavy atom. The summed E-state index contributed by atoms with van der Waals surface area (Å²) in [6.45, 7) is 8.69. The smallest absolute Gasteiger partial charge is 0.252 e. The predicted molar refractivity (Wildman–Crippen MR) is 105 cm³/mol. The summed E-state index contributed by atoms with van der Waals surface area (Å²) in [7, 11) is 0. The van der Waals surface area contributed by atoms with Crippen LogP contribution in [0.1, 0.15) is 34.6 Å². The summed E-state index contributed by atoms with van der Waals surface area (Å²) >= 11 is 0. The Kier molecular flexibility index (Phi) is 5.36. The molecule has 30 heavy (non-hydrogen) atoms. The number of para-hydroxylation sites is 1. The molecule has 2 N–H and O–H groups in total. The molecule has 0 aromatic heterocycles. The van der Waals surface area contributed by atoms with E-state index in [2.05, 4.69) is 10.6 Å². The molecule has 0 spiro atoms. The number of hydrogen-bond acceptors (Lipinski definition) is 7. The molecule has 164 valence electrons. The number of benzene rings is 1. The molecule has 4 rings (SSSR count). The van der Waals surface area contributed by atoms with Gasteiger partial charge in [-0.1, -0.05) is 18.2 Å². The van der Waals surface area contributed by atoms with Crippen LogP contribution in [0.25, 0.3) is 0 Å². The molecule has 0 radical (unpaired) electrons. The molecule has 0 saturated carbocycles. The average molecular weight is 420 g/mol. The molecular weight excluding hydrogens is 392 g/mol.